The largest absolute Gasteiger partial charge is 0.374 e. The number of benzene rings is 1. The lowest BCUT2D eigenvalue weighted by Gasteiger charge is -2.39. The molecule has 3 aliphatic rings. The highest BCUT2D eigenvalue weighted by atomic mass is 16.5. The lowest BCUT2D eigenvalue weighted by molar-refractivity contribution is -0.137. The Bertz CT molecular complexity index is 706. The summed E-state index contributed by atoms with van der Waals surface area (Å²) in [6.45, 7) is 2.83. The van der Waals surface area contributed by atoms with Gasteiger partial charge in [-0.1, -0.05) is 18.2 Å². The summed E-state index contributed by atoms with van der Waals surface area (Å²) < 4.78 is 5.78. The molecule has 0 spiro atoms. The molecule has 3 atom stereocenters. The molecule has 1 aliphatic carbocycles. The molecule has 0 unspecified atom stereocenters. The molecular formula is C18H22N4O3. The van der Waals surface area contributed by atoms with Gasteiger partial charge in [-0.3, -0.25) is 15.0 Å². The number of hydrogen-bond acceptors (Lipinski definition) is 5. The number of fused-ring (bicyclic) bond motifs is 1. The van der Waals surface area contributed by atoms with Crippen LogP contribution in [0.2, 0.25) is 0 Å². The minimum absolute atomic E-state index is 0.115. The molecule has 0 bridgehead atoms. The molecular weight excluding hydrogens is 320 g/mol. The van der Waals surface area contributed by atoms with Gasteiger partial charge in [-0.15, -0.1) is 0 Å². The molecule has 1 saturated heterocycles. The maximum atomic E-state index is 13.1. The number of hydrazine groups is 1. The topological polar surface area (TPSA) is 74.2 Å². The van der Waals surface area contributed by atoms with Gasteiger partial charge in [0.15, 0.2) is 0 Å². The second kappa shape index (κ2) is 6.48. The number of hydrogen-bond donors (Lipinski definition) is 1. The molecule has 132 valence electrons. The summed E-state index contributed by atoms with van der Waals surface area (Å²) in [7, 11) is 0. The Kier molecular flexibility index (Phi) is 4.17. The van der Waals surface area contributed by atoms with Crippen molar-refractivity contribution >= 4 is 23.3 Å². The van der Waals surface area contributed by atoms with Crippen LogP contribution in [0.5, 0.6) is 0 Å². The number of amidine groups is 1. The van der Waals surface area contributed by atoms with Crippen LogP contribution >= 0.6 is 0 Å². The average molecular weight is 342 g/mol. The van der Waals surface area contributed by atoms with Gasteiger partial charge in [-0.2, -0.15) is 0 Å². The highest BCUT2D eigenvalue weighted by Crippen LogP contribution is 2.30. The van der Waals surface area contributed by atoms with E-state index in [4.69, 9.17) is 4.74 Å². The van der Waals surface area contributed by atoms with Crippen molar-refractivity contribution in [2.45, 2.75) is 44.4 Å². The van der Waals surface area contributed by atoms with Gasteiger partial charge in [0.1, 0.15) is 6.04 Å². The molecule has 1 aromatic rings. The number of ether oxygens (including phenoxy) is 1. The summed E-state index contributed by atoms with van der Waals surface area (Å²) in [6.07, 6.45) is 3.16. The fourth-order valence-electron chi connectivity index (χ4n) is 3.81. The fraction of sp³-hybridized carbons (Fsp3) is 0.500. The first-order chi connectivity index (χ1) is 12.1. The van der Waals surface area contributed by atoms with Gasteiger partial charge in [0.25, 0.3) is 11.8 Å². The maximum Gasteiger partial charge on any atom is 0.291 e. The number of anilines is 1. The van der Waals surface area contributed by atoms with Crippen molar-refractivity contribution in [3.05, 3.63) is 30.3 Å². The van der Waals surface area contributed by atoms with Gasteiger partial charge in [0, 0.05) is 6.54 Å². The molecule has 2 heterocycles. The molecule has 25 heavy (non-hydrogen) atoms. The minimum atomic E-state index is -0.596. The lowest BCUT2D eigenvalue weighted by Crippen LogP contribution is -2.61. The van der Waals surface area contributed by atoms with Crippen molar-refractivity contribution in [2.75, 3.05) is 18.2 Å². The van der Waals surface area contributed by atoms with E-state index in [-0.39, 0.29) is 29.8 Å². The number of carbonyl (C=O) groups is 2. The van der Waals surface area contributed by atoms with E-state index in [0.29, 0.717) is 18.8 Å². The Morgan fingerprint density at radius 3 is 2.88 bits per heavy atom. The van der Waals surface area contributed by atoms with Crippen LogP contribution in [0.1, 0.15) is 26.2 Å². The SMILES string of the molecule is C[C@@H]1N=C(C(=O)N2CCO[C@H]3CCC[C@H]32)NN(c2ccccc2)C1=O. The van der Waals surface area contributed by atoms with E-state index < -0.39 is 6.04 Å². The normalized spacial score (nSPS) is 29.1. The highest BCUT2D eigenvalue weighted by molar-refractivity contribution is 6.39. The van der Waals surface area contributed by atoms with Crippen LogP contribution in [-0.2, 0) is 14.3 Å². The summed E-state index contributed by atoms with van der Waals surface area (Å²) in [5.41, 5.74) is 3.62. The zero-order chi connectivity index (χ0) is 17.4. The van der Waals surface area contributed by atoms with Crippen molar-refractivity contribution in [2.24, 2.45) is 4.99 Å². The van der Waals surface area contributed by atoms with Crippen molar-refractivity contribution in [1.29, 1.82) is 0 Å². The van der Waals surface area contributed by atoms with Crippen LogP contribution < -0.4 is 10.4 Å². The zero-order valence-corrected chi connectivity index (χ0v) is 14.2. The number of nitrogens with zero attached hydrogens (tertiary/aromatic N) is 3. The molecule has 1 N–H and O–H groups in total. The van der Waals surface area contributed by atoms with E-state index in [0.717, 1.165) is 19.3 Å². The quantitative estimate of drug-likeness (QED) is 0.874. The number of nitrogens with one attached hydrogen (secondary N) is 1. The first kappa shape index (κ1) is 16.1. The fourth-order valence-corrected chi connectivity index (χ4v) is 3.81. The van der Waals surface area contributed by atoms with Crippen molar-refractivity contribution in [3.63, 3.8) is 0 Å². The third-order valence-corrected chi connectivity index (χ3v) is 5.08. The van der Waals surface area contributed by atoms with Crippen LogP contribution in [0.25, 0.3) is 0 Å². The summed E-state index contributed by atoms with van der Waals surface area (Å²) in [4.78, 5) is 31.7. The summed E-state index contributed by atoms with van der Waals surface area (Å²) in [5, 5.41) is 1.41. The molecule has 7 nitrogen and oxygen atoms in total. The molecule has 0 aromatic heterocycles. The van der Waals surface area contributed by atoms with Gasteiger partial charge < -0.3 is 9.64 Å². The molecule has 0 radical (unpaired) electrons. The van der Waals surface area contributed by atoms with Crippen LogP contribution in [0.3, 0.4) is 0 Å². The van der Waals surface area contributed by atoms with Gasteiger partial charge in [0.2, 0.25) is 5.84 Å². The average Bonchev–Trinajstić information content (AvgIpc) is 3.12. The molecule has 2 amide bonds. The standard InChI is InChI=1S/C18H22N4O3/c1-12-17(23)22(13-6-3-2-4-7-13)20-16(19-12)18(24)21-10-11-25-15-9-5-8-14(15)21/h2-4,6-7,12,14-15H,5,8-11H2,1H3,(H,19,20)/t12-,14+,15-/m0/s1. The van der Waals surface area contributed by atoms with Crippen LogP contribution in [0.15, 0.2) is 35.3 Å². The summed E-state index contributed by atoms with van der Waals surface area (Å²) in [5.74, 6) is -0.104. The lowest BCUT2D eigenvalue weighted by atomic mass is 10.1. The predicted octanol–water partition coefficient (Wildman–Crippen LogP) is 1.10. The number of aliphatic imine (C=N–C) groups is 1. The summed E-state index contributed by atoms with van der Waals surface area (Å²) >= 11 is 0. The van der Waals surface area contributed by atoms with Gasteiger partial charge >= 0.3 is 0 Å². The van der Waals surface area contributed by atoms with Crippen LogP contribution in [-0.4, -0.2) is 53.9 Å². The van der Waals surface area contributed by atoms with Crippen LogP contribution in [0, 0.1) is 0 Å². The number of morpholine rings is 1. The van der Waals surface area contributed by atoms with E-state index in [1.165, 1.54) is 5.01 Å². The second-order valence-corrected chi connectivity index (χ2v) is 6.68. The third-order valence-electron chi connectivity index (χ3n) is 5.08. The molecule has 1 saturated carbocycles. The Morgan fingerprint density at radius 2 is 2.08 bits per heavy atom. The summed E-state index contributed by atoms with van der Waals surface area (Å²) in [6, 6.07) is 8.76. The number of amides is 2. The number of carbonyl (C=O) groups excluding carboxylic acids is 2. The van der Waals surface area contributed by atoms with E-state index in [2.05, 4.69) is 10.4 Å². The predicted molar refractivity (Wildman–Crippen MR) is 93.1 cm³/mol. The van der Waals surface area contributed by atoms with E-state index in [9.17, 15) is 9.59 Å². The third kappa shape index (κ3) is 2.89. The van der Waals surface area contributed by atoms with E-state index in [1.807, 2.05) is 35.2 Å². The second-order valence-electron chi connectivity index (χ2n) is 6.68. The Balaban J connectivity index is 1.58. The Hall–Kier alpha value is -2.41. The van der Waals surface area contributed by atoms with Crippen LogP contribution in [0.4, 0.5) is 5.69 Å². The van der Waals surface area contributed by atoms with Gasteiger partial charge in [0.05, 0.1) is 24.4 Å². The Labute approximate surface area is 146 Å². The monoisotopic (exact) mass is 342 g/mol. The van der Waals surface area contributed by atoms with Gasteiger partial charge in [-0.05, 0) is 38.3 Å². The van der Waals surface area contributed by atoms with Crippen molar-refractivity contribution < 1.29 is 14.3 Å². The van der Waals surface area contributed by atoms with Crippen molar-refractivity contribution in [1.82, 2.24) is 10.3 Å². The van der Waals surface area contributed by atoms with E-state index in [1.54, 1.807) is 6.92 Å². The minimum Gasteiger partial charge on any atom is -0.374 e. The first-order valence-electron chi connectivity index (χ1n) is 8.81. The maximum absolute atomic E-state index is 13.1. The molecule has 1 aromatic carbocycles. The van der Waals surface area contributed by atoms with Crippen molar-refractivity contribution in [3.8, 4) is 0 Å². The molecule has 2 fully saturated rings. The van der Waals surface area contributed by atoms with Gasteiger partial charge in [-0.25, -0.2) is 10.0 Å². The smallest absolute Gasteiger partial charge is 0.291 e. The molecule has 7 heteroatoms. The number of para-hydroxylation sites is 1. The Morgan fingerprint density at radius 1 is 1.28 bits per heavy atom. The molecule has 4 rings (SSSR count). The zero-order valence-electron chi connectivity index (χ0n) is 14.2. The van der Waals surface area contributed by atoms with E-state index >= 15 is 0 Å². The first-order valence-corrected chi connectivity index (χ1v) is 8.81. The number of rotatable bonds is 2. The highest BCUT2D eigenvalue weighted by Gasteiger charge is 2.41. The molecule has 2 aliphatic heterocycles.